The second-order valence-corrected chi connectivity index (χ2v) is 8.30. The summed E-state index contributed by atoms with van der Waals surface area (Å²) in [5.74, 6) is 1.15. The number of anilines is 2. The first-order valence-electron chi connectivity index (χ1n) is 10.7. The van der Waals surface area contributed by atoms with Crippen LogP contribution in [0.3, 0.4) is 0 Å². The number of piperidine rings is 1. The minimum atomic E-state index is -0.497. The Balaban J connectivity index is 1.46. The third-order valence-electron chi connectivity index (χ3n) is 6.13. The van der Waals surface area contributed by atoms with E-state index in [9.17, 15) is 9.59 Å². The van der Waals surface area contributed by atoms with Gasteiger partial charge in [0.25, 0.3) is 0 Å². The molecule has 1 aromatic heterocycles. The fourth-order valence-electron chi connectivity index (χ4n) is 4.09. The number of hydrogen-bond donors (Lipinski definition) is 1. The van der Waals surface area contributed by atoms with Gasteiger partial charge in [-0.15, -0.1) is 0 Å². The highest BCUT2D eigenvalue weighted by Crippen LogP contribution is 2.26. The van der Waals surface area contributed by atoms with E-state index < -0.39 is 5.63 Å². The zero-order chi connectivity index (χ0) is 22.0. The molecule has 162 valence electrons. The molecular formula is C25H28N2O4. The van der Waals surface area contributed by atoms with Crippen LogP contribution in [0.2, 0.25) is 0 Å². The van der Waals surface area contributed by atoms with E-state index in [1.54, 1.807) is 13.2 Å². The number of hydrogen-bond acceptors (Lipinski definition) is 5. The van der Waals surface area contributed by atoms with Crippen LogP contribution >= 0.6 is 0 Å². The van der Waals surface area contributed by atoms with E-state index in [0.29, 0.717) is 22.6 Å². The van der Waals surface area contributed by atoms with Crippen LogP contribution in [0, 0.1) is 12.8 Å². The number of nitrogens with one attached hydrogen (secondary N) is 1. The molecule has 1 saturated heterocycles. The third-order valence-corrected chi connectivity index (χ3v) is 6.13. The van der Waals surface area contributed by atoms with Crippen molar-refractivity contribution in [2.45, 2.75) is 33.1 Å². The highest BCUT2D eigenvalue weighted by molar-refractivity contribution is 5.93. The number of benzene rings is 2. The number of carbonyl (C=O) groups excluding carboxylic acids is 1. The van der Waals surface area contributed by atoms with Gasteiger partial charge in [-0.2, -0.15) is 0 Å². The lowest BCUT2D eigenvalue weighted by Crippen LogP contribution is -2.32. The van der Waals surface area contributed by atoms with Crippen molar-refractivity contribution in [3.05, 3.63) is 64.0 Å². The van der Waals surface area contributed by atoms with Crippen molar-refractivity contribution in [1.82, 2.24) is 0 Å². The average molecular weight is 421 g/mol. The van der Waals surface area contributed by atoms with Crippen molar-refractivity contribution in [3.8, 4) is 5.75 Å². The maximum Gasteiger partial charge on any atom is 0.340 e. The predicted octanol–water partition coefficient (Wildman–Crippen LogP) is 4.53. The van der Waals surface area contributed by atoms with E-state index in [1.807, 2.05) is 43.3 Å². The van der Waals surface area contributed by atoms with Crippen molar-refractivity contribution in [3.63, 3.8) is 0 Å². The molecule has 31 heavy (non-hydrogen) atoms. The van der Waals surface area contributed by atoms with Crippen LogP contribution in [0.1, 0.15) is 30.9 Å². The molecule has 0 atom stereocenters. The Morgan fingerprint density at radius 3 is 2.55 bits per heavy atom. The first-order valence-corrected chi connectivity index (χ1v) is 10.7. The van der Waals surface area contributed by atoms with E-state index in [1.165, 1.54) is 18.5 Å². The largest absolute Gasteiger partial charge is 0.497 e. The Bertz CT molecular complexity index is 1140. The summed E-state index contributed by atoms with van der Waals surface area (Å²) in [5.41, 5.74) is 2.96. The molecule has 6 nitrogen and oxygen atoms in total. The molecule has 1 amide bonds. The summed E-state index contributed by atoms with van der Waals surface area (Å²) in [6.45, 7) is 6.26. The normalized spacial score (nSPS) is 14.6. The van der Waals surface area contributed by atoms with E-state index in [0.717, 1.165) is 30.0 Å². The van der Waals surface area contributed by atoms with Crippen LogP contribution in [-0.4, -0.2) is 26.1 Å². The molecule has 2 aromatic carbocycles. The summed E-state index contributed by atoms with van der Waals surface area (Å²) >= 11 is 0. The van der Waals surface area contributed by atoms with Gasteiger partial charge in [-0.25, -0.2) is 4.79 Å². The van der Waals surface area contributed by atoms with Crippen molar-refractivity contribution in [1.29, 1.82) is 0 Å². The van der Waals surface area contributed by atoms with E-state index in [2.05, 4.69) is 17.1 Å². The van der Waals surface area contributed by atoms with Crippen LogP contribution in [0.15, 0.2) is 51.7 Å². The third kappa shape index (κ3) is 4.58. The molecule has 0 aliphatic carbocycles. The Kier molecular flexibility index (Phi) is 5.98. The summed E-state index contributed by atoms with van der Waals surface area (Å²) in [7, 11) is 1.56. The van der Waals surface area contributed by atoms with Crippen LogP contribution in [-0.2, 0) is 11.2 Å². The van der Waals surface area contributed by atoms with Crippen molar-refractivity contribution in [2.75, 3.05) is 30.4 Å². The molecule has 1 aliphatic rings. The fraction of sp³-hybridized carbons (Fsp3) is 0.360. The van der Waals surface area contributed by atoms with Gasteiger partial charge in [0.2, 0.25) is 5.91 Å². The van der Waals surface area contributed by atoms with Crippen LogP contribution < -0.4 is 20.6 Å². The quantitative estimate of drug-likeness (QED) is 0.614. The summed E-state index contributed by atoms with van der Waals surface area (Å²) in [6.07, 6.45) is 2.37. The lowest BCUT2D eigenvalue weighted by molar-refractivity contribution is -0.115. The maximum absolute atomic E-state index is 12.6. The lowest BCUT2D eigenvalue weighted by atomic mass is 9.99. The van der Waals surface area contributed by atoms with E-state index in [4.69, 9.17) is 9.15 Å². The Hall–Kier alpha value is -3.28. The number of nitrogens with zero attached hydrogens (tertiary/aromatic N) is 1. The van der Waals surface area contributed by atoms with Gasteiger partial charge in [-0.3, -0.25) is 4.79 Å². The molecule has 1 N–H and O–H groups in total. The smallest absolute Gasteiger partial charge is 0.340 e. The predicted molar refractivity (Wildman–Crippen MR) is 123 cm³/mol. The molecule has 4 rings (SSSR count). The SMILES string of the molecule is COc1ccc2c(C)c(CC(=O)Nc3ccc(N4CCC(C)CC4)cc3)c(=O)oc2c1. The topological polar surface area (TPSA) is 71.8 Å². The summed E-state index contributed by atoms with van der Waals surface area (Å²) < 4.78 is 10.6. The highest BCUT2D eigenvalue weighted by atomic mass is 16.5. The van der Waals surface area contributed by atoms with Crippen LogP contribution in [0.5, 0.6) is 5.75 Å². The lowest BCUT2D eigenvalue weighted by Gasteiger charge is -2.32. The molecule has 1 aliphatic heterocycles. The van der Waals surface area contributed by atoms with E-state index >= 15 is 0 Å². The molecular weight excluding hydrogens is 392 g/mol. The number of ether oxygens (including phenoxy) is 1. The molecule has 3 aromatic rings. The van der Waals surface area contributed by atoms with Gasteiger partial charge in [0, 0.05) is 35.9 Å². The zero-order valence-electron chi connectivity index (χ0n) is 18.2. The minimum absolute atomic E-state index is 0.0398. The number of methoxy groups -OCH3 is 1. The van der Waals surface area contributed by atoms with Crippen LogP contribution in [0.4, 0.5) is 11.4 Å². The number of amides is 1. The van der Waals surface area contributed by atoms with Crippen molar-refractivity contribution in [2.24, 2.45) is 5.92 Å². The number of rotatable bonds is 5. The van der Waals surface area contributed by atoms with Gasteiger partial charge in [-0.05, 0) is 67.6 Å². The van der Waals surface area contributed by atoms with Crippen molar-refractivity contribution < 1.29 is 13.9 Å². The highest BCUT2D eigenvalue weighted by Gasteiger charge is 2.17. The second kappa shape index (κ2) is 8.84. The molecule has 0 unspecified atom stereocenters. The molecule has 6 heteroatoms. The average Bonchev–Trinajstić information content (AvgIpc) is 2.77. The summed E-state index contributed by atoms with van der Waals surface area (Å²) in [5, 5.41) is 3.69. The van der Waals surface area contributed by atoms with Gasteiger partial charge in [-0.1, -0.05) is 6.92 Å². The molecule has 2 heterocycles. The van der Waals surface area contributed by atoms with Gasteiger partial charge in [0.05, 0.1) is 19.1 Å². The number of aryl methyl sites for hydroxylation is 1. The molecule has 0 radical (unpaired) electrons. The molecule has 0 bridgehead atoms. The summed E-state index contributed by atoms with van der Waals surface area (Å²) in [4.78, 5) is 27.5. The Labute approximate surface area is 181 Å². The maximum atomic E-state index is 12.6. The second-order valence-electron chi connectivity index (χ2n) is 8.30. The number of fused-ring (bicyclic) bond motifs is 1. The Morgan fingerprint density at radius 1 is 1.16 bits per heavy atom. The number of carbonyl (C=O) groups is 1. The van der Waals surface area contributed by atoms with Crippen LogP contribution in [0.25, 0.3) is 11.0 Å². The first kappa shape index (κ1) is 21.0. The van der Waals surface area contributed by atoms with Crippen molar-refractivity contribution >= 4 is 28.3 Å². The summed E-state index contributed by atoms with van der Waals surface area (Å²) in [6, 6.07) is 13.2. The van der Waals surface area contributed by atoms with Gasteiger partial charge in [0.15, 0.2) is 0 Å². The van der Waals surface area contributed by atoms with Gasteiger partial charge in [0.1, 0.15) is 11.3 Å². The van der Waals surface area contributed by atoms with Gasteiger partial charge < -0.3 is 19.4 Å². The standard InChI is InChI=1S/C25H28N2O4/c1-16-10-12-27(13-11-16)19-6-4-18(5-7-19)26-24(28)15-22-17(2)21-9-8-20(30-3)14-23(21)31-25(22)29/h4-9,14,16H,10-13,15H2,1-3H3,(H,26,28). The monoisotopic (exact) mass is 420 g/mol. The molecule has 0 saturated carbocycles. The minimum Gasteiger partial charge on any atom is -0.497 e. The van der Waals surface area contributed by atoms with E-state index in [-0.39, 0.29) is 12.3 Å². The Morgan fingerprint density at radius 2 is 1.87 bits per heavy atom. The zero-order valence-corrected chi connectivity index (χ0v) is 18.2. The first-order chi connectivity index (χ1) is 14.9. The van der Waals surface area contributed by atoms with Gasteiger partial charge >= 0.3 is 5.63 Å². The fourth-order valence-corrected chi connectivity index (χ4v) is 4.09. The molecule has 1 fully saturated rings. The molecule has 0 spiro atoms.